The standard InChI is InChI=1S/C13H17BrN2O4/c1-20-10-5-9(7-17)16(6-10)11(18)4-8-2-3-15-13(19)12(8)14/h2-3,9-10,17H,4-7H2,1H3,(H,15,19)/t9-,10-/m0/s1. The van der Waals surface area contributed by atoms with E-state index in [9.17, 15) is 14.7 Å². The number of nitrogens with zero attached hydrogens (tertiary/aromatic N) is 1. The van der Waals surface area contributed by atoms with Crippen LogP contribution in [0.2, 0.25) is 0 Å². The molecular formula is C13H17BrN2O4. The molecule has 1 saturated heterocycles. The number of nitrogens with one attached hydrogen (secondary N) is 1. The van der Waals surface area contributed by atoms with Gasteiger partial charge in [0.25, 0.3) is 5.56 Å². The van der Waals surface area contributed by atoms with E-state index in [1.54, 1.807) is 18.1 Å². The lowest BCUT2D eigenvalue weighted by molar-refractivity contribution is -0.132. The molecule has 1 fully saturated rings. The summed E-state index contributed by atoms with van der Waals surface area (Å²) in [4.78, 5) is 28.0. The average molecular weight is 345 g/mol. The lowest BCUT2D eigenvalue weighted by Gasteiger charge is -2.22. The minimum Gasteiger partial charge on any atom is -0.394 e. The fourth-order valence-corrected chi connectivity index (χ4v) is 2.81. The smallest absolute Gasteiger partial charge is 0.262 e. The highest BCUT2D eigenvalue weighted by molar-refractivity contribution is 9.10. The summed E-state index contributed by atoms with van der Waals surface area (Å²) < 4.78 is 5.62. The first-order valence-electron chi connectivity index (χ1n) is 6.36. The molecule has 0 unspecified atom stereocenters. The minimum absolute atomic E-state index is 0.0429. The lowest BCUT2D eigenvalue weighted by atomic mass is 10.1. The summed E-state index contributed by atoms with van der Waals surface area (Å²) >= 11 is 3.19. The molecule has 6 nitrogen and oxygen atoms in total. The van der Waals surface area contributed by atoms with Crippen LogP contribution in [-0.2, 0) is 16.0 Å². The van der Waals surface area contributed by atoms with E-state index in [4.69, 9.17) is 4.74 Å². The number of ether oxygens (including phenoxy) is 1. The maximum Gasteiger partial charge on any atom is 0.262 e. The van der Waals surface area contributed by atoms with Crippen LogP contribution >= 0.6 is 15.9 Å². The van der Waals surface area contributed by atoms with Crippen molar-refractivity contribution in [1.29, 1.82) is 0 Å². The predicted octanol–water partition coefficient (Wildman–Crippen LogP) is 0.288. The summed E-state index contributed by atoms with van der Waals surface area (Å²) in [7, 11) is 1.60. The normalized spacial score (nSPS) is 22.2. The van der Waals surface area contributed by atoms with Gasteiger partial charge in [-0.3, -0.25) is 9.59 Å². The van der Waals surface area contributed by atoms with Gasteiger partial charge in [0.05, 0.1) is 29.6 Å². The van der Waals surface area contributed by atoms with Crippen molar-refractivity contribution in [2.24, 2.45) is 0 Å². The Kier molecular flexibility index (Phi) is 4.95. The molecule has 1 amide bonds. The third-order valence-electron chi connectivity index (χ3n) is 3.56. The number of hydrogen-bond donors (Lipinski definition) is 2. The largest absolute Gasteiger partial charge is 0.394 e. The van der Waals surface area contributed by atoms with E-state index in [1.807, 2.05) is 0 Å². The number of carbonyl (C=O) groups excluding carboxylic acids is 1. The van der Waals surface area contributed by atoms with Crippen molar-refractivity contribution in [3.8, 4) is 0 Å². The predicted molar refractivity (Wildman–Crippen MR) is 76.5 cm³/mol. The molecule has 2 atom stereocenters. The van der Waals surface area contributed by atoms with Gasteiger partial charge in [-0.05, 0) is 34.0 Å². The molecule has 0 bridgehead atoms. The van der Waals surface area contributed by atoms with Crippen LogP contribution in [0.4, 0.5) is 0 Å². The summed E-state index contributed by atoms with van der Waals surface area (Å²) in [6, 6.07) is 1.48. The monoisotopic (exact) mass is 344 g/mol. The Bertz CT molecular complexity index is 545. The van der Waals surface area contributed by atoms with Crippen LogP contribution in [0.5, 0.6) is 0 Å². The molecule has 1 aliphatic rings. The number of H-pyrrole nitrogens is 1. The van der Waals surface area contributed by atoms with Crippen LogP contribution in [0.1, 0.15) is 12.0 Å². The summed E-state index contributed by atoms with van der Waals surface area (Å²) in [6.45, 7) is 0.392. The molecule has 1 aromatic heterocycles. The molecule has 0 aromatic carbocycles. The van der Waals surface area contributed by atoms with Gasteiger partial charge < -0.3 is 19.7 Å². The lowest BCUT2D eigenvalue weighted by Crippen LogP contribution is -2.39. The fraction of sp³-hybridized carbons (Fsp3) is 0.538. The SMILES string of the molecule is CO[C@H]1C[C@@H](CO)N(C(=O)Cc2cc[nH]c(=O)c2Br)C1. The van der Waals surface area contributed by atoms with Crippen molar-refractivity contribution >= 4 is 21.8 Å². The van der Waals surface area contributed by atoms with Crippen LogP contribution in [0.3, 0.4) is 0 Å². The van der Waals surface area contributed by atoms with Crippen molar-refractivity contribution in [3.05, 3.63) is 32.7 Å². The van der Waals surface area contributed by atoms with Crippen molar-refractivity contribution in [1.82, 2.24) is 9.88 Å². The van der Waals surface area contributed by atoms with Crippen LogP contribution in [-0.4, -0.2) is 53.3 Å². The minimum atomic E-state index is -0.259. The number of hydrogen-bond acceptors (Lipinski definition) is 4. The molecule has 0 spiro atoms. The number of carbonyl (C=O) groups is 1. The van der Waals surface area contributed by atoms with Crippen LogP contribution in [0.15, 0.2) is 21.5 Å². The zero-order valence-electron chi connectivity index (χ0n) is 11.1. The highest BCUT2D eigenvalue weighted by Crippen LogP contribution is 2.21. The van der Waals surface area contributed by atoms with Crippen molar-refractivity contribution in [3.63, 3.8) is 0 Å². The Labute approximate surface area is 124 Å². The van der Waals surface area contributed by atoms with Gasteiger partial charge in [-0.2, -0.15) is 0 Å². The van der Waals surface area contributed by atoms with Gasteiger partial charge in [-0.1, -0.05) is 0 Å². The number of amides is 1. The van der Waals surface area contributed by atoms with Gasteiger partial charge in [0.15, 0.2) is 0 Å². The molecule has 7 heteroatoms. The van der Waals surface area contributed by atoms with Crippen LogP contribution in [0, 0.1) is 0 Å². The molecule has 0 radical (unpaired) electrons. The number of methoxy groups -OCH3 is 1. The zero-order valence-corrected chi connectivity index (χ0v) is 12.7. The quantitative estimate of drug-likeness (QED) is 0.822. The molecule has 1 aliphatic heterocycles. The van der Waals surface area contributed by atoms with Gasteiger partial charge >= 0.3 is 0 Å². The first-order chi connectivity index (χ1) is 9.56. The van der Waals surface area contributed by atoms with E-state index in [0.29, 0.717) is 23.0 Å². The second-order valence-electron chi connectivity index (χ2n) is 4.80. The van der Waals surface area contributed by atoms with E-state index in [0.717, 1.165) is 0 Å². The van der Waals surface area contributed by atoms with Gasteiger partial charge in [0.2, 0.25) is 5.91 Å². The third kappa shape index (κ3) is 3.11. The number of aromatic nitrogens is 1. The molecule has 1 aromatic rings. The Morgan fingerprint density at radius 3 is 3.05 bits per heavy atom. The topological polar surface area (TPSA) is 82.6 Å². The van der Waals surface area contributed by atoms with E-state index in [2.05, 4.69) is 20.9 Å². The van der Waals surface area contributed by atoms with Crippen LogP contribution in [0.25, 0.3) is 0 Å². The van der Waals surface area contributed by atoms with Crippen molar-refractivity contribution in [2.75, 3.05) is 20.3 Å². The fourth-order valence-electron chi connectivity index (χ4n) is 2.42. The van der Waals surface area contributed by atoms with Crippen molar-refractivity contribution in [2.45, 2.75) is 25.0 Å². The number of rotatable bonds is 4. The highest BCUT2D eigenvalue weighted by Gasteiger charge is 2.34. The molecule has 2 rings (SSSR count). The first kappa shape index (κ1) is 15.2. The molecule has 20 heavy (non-hydrogen) atoms. The molecule has 0 saturated carbocycles. The Hall–Kier alpha value is -1.18. The van der Waals surface area contributed by atoms with Gasteiger partial charge in [0.1, 0.15) is 0 Å². The molecule has 110 valence electrons. The van der Waals surface area contributed by atoms with Crippen LogP contribution < -0.4 is 5.56 Å². The Morgan fingerprint density at radius 1 is 1.65 bits per heavy atom. The second kappa shape index (κ2) is 6.51. The maximum absolute atomic E-state index is 12.3. The average Bonchev–Trinajstić information content (AvgIpc) is 2.87. The summed E-state index contributed by atoms with van der Waals surface area (Å²) in [5, 5.41) is 9.35. The Balaban J connectivity index is 2.11. The Morgan fingerprint density at radius 2 is 2.40 bits per heavy atom. The number of aromatic amines is 1. The molecule has 2 N–H and O–H groups in total. The third-order valence-corrected chi connectivity index (χ3v) is 4.43. The first-order valence-corrected chi connectivity index (χ1v) is 7.15. The van der Waals surface area contributed by atoms with E-state index < -0.39 is 0 Å². The highest BCUT2D eigenvalue weighted by atomic mass is 79.9. The number of aliphatic hydroxyl groups is 1. The maximum atomic E-state index is 12.3. The van der Waals surface area contributed by atoms with E-state index >= 15 is 0 Å². The number of likely N-dealkylation sites (tertiary alicyclic amines) is 1. The zero-order chi connectivity index (χ0) is 14.7. The van der Waals surface area contributed by atoms with Crippen molar-refractivity contribution < 1.29 is 14.6 Å². The summed E-state index contributed by atoms with van der Waals surface area (Å²) in [6.07, 6.45) is 2.23. The van der Waals surface area contributed by atoms with Gasteiger partial charge in [0, 0.05) is 19.9 Å². The number of aliphatic hydroxyl groups excluding tert-OH is 1. The molecule has 0 aliphatic carbocycles. The number of pyridine rings is 1. The van der Waals surface area contributed by atoms with E-state index in [-0.39, 0.29) is 36.6 Å². The number of halogens is 1. The molecular weight excluding hydrogens is 328 g/mol. The van der Waals surface area contributed by atoms with Gasteiger partial charge in [-0.15, -0.1) is 0 Å². The van der Waals surface area contributed by atoms with Gasteiger partial charge in [-0.25, -0.2) is 0 Å². The molecule has 2 heterocycles. The summed E-state index contributed by atoms with van der Waals surface area (Å²) in [5.74, 6) is -0.116. The summed E-state index contributed by atoms with van der Waals surface area (Å²) in [5.41, 5.74) is 0.376. The second-order valence-corrected chi connectivity index (χ2v) is 5.59. The van der Waals surface area contributed by atoms with E-state index in [1.165, 1.54) is 6.20 Å².